The summed E-state index contributed by atoms with van der Waals surface area (Å²) in [4.78, 5) is 0. The molecule has 0 aliphatic carbocycles. The van der Waals surface area contributed by atoms with E-state index in [9.17, 15) is 5.11 Å². The SMILES string of the molecule is CNCC(O)C(c1ccccc1)n1ccc2cc(OCc3ccccc3)ccc21. The number of benzene rings is 3. The summed E-state index contributed by atoms with van der Waals surface area (Å²) in [5, 5.41) is 15.0. The van der Waals surface area contributed by atoms with Gasteiger partial charge in [-0.1, -0.05) is 60.7 Å². The predicted octanol–water partition coefficient (Wildman–Crippen LogP) is 4.39. The van der Waals surface area contributed by atoms with Crippen LogP contribution in [0.1, 0.15) is 17.2 Å². The Bertz CT molecular complexity index is 1040. The predicted molar refractivity (Wildman–Crippen MR) is 117 cm³/mol. The molecule has 4 aromatic rings. The van der Waals surface area contributed by atoms with Crippen molar-refractivity contribution >= 4 is 10.9 Å². The number of rotatable bonds is 8. The minimum Gasteiger partial charge on any atom is -0.489 e. The van der Waals surface area contributed by atoms with E-state index in [2.05, 4.69) is 52.3 Å². The van der Waals surface area contributed by atoms with Gasteiger partial charge in [0, 0.05) is 23.6 Å². The van der Waals surface area contributed by atoms with Crippen LogP contribution >= 0.6 is 0 Å². The summed E-state index contributed by atoms with van der Waals surface area (Å²) in [6.45, 7) is 1.05. The highest BCUT2D eigenvalue weighted by atomic mass is 16.5. The first-order valence-electron chi connectivity index (χ1n) is 9.91. The highest BCUT2D eigenvalue weighted by molar-refractivity contribution is 5.82. The summed E-state index contributed by atoms with van der Waals surface area (Å²) in [7, 11) is 1.86. The van der Waals surface area contributed by atoms with Gasteiger partial charge in [-0.05, 0) is 42.4 Å². The second kappa shape index (κ2) is 8.95. The van der Waals surface area contributed by atoms with Crippen LogP contribution in [0.2, 0.25) is 0 Å². The Morgan fingerprint density at radius 1 is 0.931 bits per heavy atom. The summed E-state index contributed by atoms with van der Waals surface area (Å²) >= 11 is 0. The van der Waals surface area contributed by atoms with Crippen molar-refractivity contribution in [3.8, 4) is 5.75 Å². The zero-order valence-corrected chi connectivity index (χ0v) is 16.5. The van der Waals surface area contributed by atoms with Crippen molar-refractivity contribution in [2.75, 3.05) is 13.6 Å². The Balaban J connectivity index is 1.63. The molecule has 0 fully saturated rings. The maximum Gasteiger partial charge on any atom is 0.120 e. The Morgan fingerprint density at radius 2 is 1.66 bits per heavy atom. The molecule has 29 heavy (non-hydrogen) atoms. The molecule has 4 nitrogen and oxygen atoms in total. The van der Waals surface area contributed by atoms with Gasteiger partial charge in [0.1, 0.15) is 12.4 Å². The van der Waals surface area contributed by atoms with Gasteiger partial charge >= 0.3 is 0 Å². The molecule has 0 bridgehead atoms. The number of aliphatic hydroxyl groups excluding tert-OH is 1. The first kappa shape index (κ1) is 19.2. The Labute approximate surface area is 171 Å². The van der Waals surface area contributed by atoms with Gasteiger partial charge in [0.15, 0.2) is 0 Å². The van der Waals surface area contributed by atoms with Crippen molar-refractivity contribution in [2.45, 2.75) is 18.8 Å². The Morgan fingerprint density at radius 3 is 2.38 bits per heavy atom. The lowest BCUT2D eigenvalue weighted by Gasteiger charge is -2.26. The Kier molecular flexibility index (Phi) is 5.94. The zero-order valence-electron chi connectivity index (χ0n) is 16.5. The van der Waals surface area contributed by atoms with Crippen LogP contribution in [-0.2, 0) is 6.61 Å². The molecule has 2 unspecified atom stereocenters. The molecule has 1 heterocycles. The van der Waals surface area contributed by atoms with E-state index in [1.165, 1.54) is 0 Å². The topological polar surface area (TPSA) is 46.4 Å². The molecule has 0 saturated carbocycles. The van der Waals surface area contributed by atoms with Gasteiger partial charge in [-0.25, -0.2) is 0 Å². The molecule has 0 radical (unpaired) electrons. The van der Waals surface area contributed by atoms with Crippen LogP contribution in [0.3, 0.4) is 0 Å². The van der Waals surface area contributed by atoms with Gasteiger partial charge in [0.25, 0.3) is 0 Å². The van der Waals surface area contributed by atoms with Gasteiger partial charge in [-0.15, -0.1) is 0 Å². The van der Waals surface area contributed by atoms with Crippen molar-refractivity contribution < 1.29 is 9.84 Å². The van der Waals surface area contributed by atoms with E-state index >= 15 is 0 Å². The van der Waals surface area contributed by atoms with E-state index in [0.29, 0.717) is 13.2 Å². The van der Waals surface area contributed by atoms with Crippen molar-refractivity contribution in [1.82, 2.24) is 9.88 Å². The minimum absolute atomic E-state index is 0.169. The van der Waals surface area contributed by atoms with Gasteiger partial charge < -0.3 is 19.7 Å². The summed E-state index contributed by atoms with van der Waals surface area (Å²) in [6, 6.07) is 28.3. The first-order valence-corrected chi connectivity index (χ1v) is 9.91. The van der Waals surface area contributed by atoms with E-state index in [0.717, 1.165) is 27.8 Å². The third-order valence-electron chi connectivity index (χ3n) is 5.16. The number of ether oxygens (including phenoxy) is 1. The maximum absolute atomic E-state index is 10.9. The number of likely N-dealkylation sites (N-methyl/N-ethyl adjacent to an activating group) is 1. The largest absolute Gasteiger partial charge is 0.489 e. The molecule has 4 rings (SSSR count). The molecule has 0 saturated heterocycles. The van der Waals surface area contributed by atoms with Crippen molar-refractivity contribution in [1.29, 1.82) is 0 Å². The smallest absolute Gasteiger partial charge is 0.120 e. The summed E-state index contributed by atoms with van der Waals surface area (Å²) in [5.41, 5.74) is 3.29. The molecule has 0 spiro atoms. The van der Waals surface area contributed by atoms with E-state index < -0.39 is 6.10 Å². The maximum atomic E-state index is 10.9. The van der Waals surface area contributed by atoms with Gasteiger partial charge in [-0.3, -0.25) is 0 Å². The fraction of sp³-hybridized carbons (Fsp3) is 0.200. The quantitative estimate of drug-likeness (QED) is 0.472. The lowest BCUT2D eigenvalue weighted by molar-refractivity contribution is 0.132. The molecule has 3 aromatic carbocycles. The second-order valence-corrected chi connectivity index (χ2v) is 7.20. The third kappa shape index (κ3) is 4.34. The average molecular weight is 386 g/mol. The summed E-state index contributed by atoms with van der Waals surface area (Å²) in [6.07, 6.45) is 1.49. The standard InChI is InChI=1S/C25H26N2O2/c1-26-17-24(28)25(20-10-6-3-7-11-20)27-15-14-21-16-22(12-13-23(21)27)29-18-19-8-4-2-5-9-19/h2-16,24-26,28H,17-18H2,1H3. The van der Waals surface area contributed by atoms with Crippen LogP contribution in [0.4, 0.5) is 0 Å². The van der Waals surface area contributed by atoms with Crippen LogP contribution in [-0.4, -0.2) is 29.4 Å². The van der Waals surface area contributed by atoms with Crippen LogP contribution in [0.25, 0.3) is 10.9 Å². The molecule has 0 aliphatic heterocycles. The number of fused-ring (bicyclic) bond motifs is 1. The lowest BCUT2D eigenvalue weighted by Crippen LogP contribution is -2.33. The lowest BCUT2D eigenvalue weighted by atomic mass is 10.0. The molecule has 4 heteroatoms. The number of aromatic nitrogens is 1. The molecule has 2 N–H and O–H groups in total. The second-order valence-electron chi connectivity index (χ2n) is 7.20. The summed E-state index contributed by atoms with van der Waals surface area (Å²) in [5.74, 6) is 0.839. The van der Waals surface area contributed by atoms with E-state index in [-0.39, 0.29) is 6.04 Å². The molecule has 1 aromatic heterocycles. The highest BCUT2D eigenvalue weighted by Gasteiger charge is 2.23. The molecule has 2 atom stereocenters. The van der Waals surface area contributed by atoms with Crippen molar-refractivity contribution in [3.05, 3.63) is 102 Å². The van der Waals surface area contributed by atoms with Crippen LogP contribution < -0.4 is 10.1 Å². The van der Waals surface area contributed by atoms with E-state index in [1.807, 2.05) is 55.7 Å². The first-order chi connectivity index (χ1) is 14.3. The third-order valence-corrected chi connectivity index (χ3v) is 5.16. The van der Waals surface area contributed by atoms with Gasteiger partial charge in [0.2, 0.25) is 0 Å². The molecule has 0 aliphatic rings. The molecule has 0 amide bonds. The number of nitrogens with zero attached hydrogens (tertiary/aromatic N) is 1. The van der Waals surface area contributed by atoms with Crippen molar-refractivity contribution in [3.63, 3.8) is 0 Å². The molecule has 148 valence electrons. The fourth-order valence-corrected chi connectivity index (χ4v) is 3.75. The molecular formula is C25H26N2O2. The average Bonchev–Trinajstić information content (AvgIpc) is 3.17. The number of nitrogens with one attached hydrogen (secondary N) is 1. The monoisotopic (exact) mass is 386 g/mol. The highest BCUT2D eigenvalue weighted by Crippen LogP contribution is 2.30. The summed E-state index contributed by atoms with van der Waals surface area (Å²) < 4.78 is 8.12. The van der Waals surface area contributed by atoms with E-state index in [4.69, 9.17) is 4.74 Å². The normalized spacial score (nSPS) is 13.3. The Hall–Kier alpha value is -3.08. The van der Waals surface area contributed by atoms with Gasteiger partial charge in [0.05, 0.1) is 12.1 Å². The molecular weight excluding hydrogens is 360 g/mol. The van der Waals surface area contributed by atoms with Crippen LogP contribution in [0, 0.1) is 0 Å². The van der Waals surface area contributed by atoms with E-state index in [1.54, 1.807) is 0 Å². The fourth-order valence-electron chi connectivity index (χ4n) is 3.75. The number of aliphatic hydroxyl groups is 1. The van der Waals surface area contributed by atoms with Crippen molar-refractivity contribution in [2.24, 2.45) is 0 Å². The van der Waals surface area contributed by atoms with Gasteiger partial charge in [-0.2, -0.15) is 0 Å². The van der Waals surface area contributed by atoms with Crippen LogP contribution in [0.15, 0.2) is 91.1 Å². The number of hydrogen-bond donors (Lipinski definition) is 2. The zero-order chi connectivity index (χ0) is 20.1. The number of hydrogen-bond acceptors (Lipinski definition) is 3. The minimum atomic E-state index is -0.549. The van der Waals surface area contributed by atoms with Crippen LogP contribution in [0.5, 0.6) is 5.75 Å².